The molecule has 0 fully saturated rings. The summed E-state index contributed by atoms with van der Waals surface area (Å²) in [4.78, 5) is 23.7. The lowest BCUT2D eigenvalue weighted by molar-refractivity contribution is 0.0596. The number of hydrogen-bond donors (Lipinski definition) is 0. The molecular weight excluding hydrogens is 282 g/mol. The third-order valence-electron chi connectivity index (χ3n) is 3.94. The maximum absolute atomic E-state index is 12.0. The van der Waals surface area contributed by atoms with Crippen molar-refractivity contribution < 1.29 is 13.9 Å². The number of esters is 1. The van der Waals surface area contributed by atoms with Gasteiger partial charge in [0.2, 0.25) is 0 Å². The zero-order valence-electron chi connectivity index (χ0n) is 12.8. The Morgan fingerprint density at radius 2 is 2.05 bits per heavy atom. The zero-order chi connectivity index (χ0) is 15.9. The number of rotatable bonds is 3. The van der Waals surface area contributed by atoms with Crippen LogP contribution in [-0.2, 0) is 17.6 Å². The fourth-order valence-corrected chi connectivity index (χ4v) is 2.77. The minimum absolute atomic E-state index is 0.0790. The molecular formula is C17H17NO4. The van der Waals surface area contributed by atoms with Gasteiger partial charge < -0.3 is 13.6 Å². The fraction of sp³-hybridized carbons (Fsp3) is 0.294. The van der Waals surface area contributed by atoms with Gasteiger partial charge in [-0.2, -0.15) is 0 Å². The van der Waals surface area contributed by atoms with E-state index < -0.39 is 11.6 Å². The Kier molecular flexibility index (Phi) is 3.48. The van der Waals surface area contributed by atoms with Crippen LogP contribution >= 0.6 is 0 Å². The Balaban J connectivity index is 2.44. The minimum Gasteiger partial charge on any atom is -0.465 e. The van der Waals surface area contributed by atoms with E-state index in [1.54, 1.807) is 6.07 Å². The molecule has 0 aliphatic heterocycles. The molecule has 0 saturated carbocycles. The number of aromatic nitrogens is 1. The highest BCUT2D eigenvalue weighted by molar-refractivity contribution is 6.00. The second-order valence-electron chi connectivity index (χ2n) is 5.13. The van der Waals surface area contributed by atoms with Crippen LogP contribution in [0.4, 0.5) is 0 Å². The van der Waals surface area contributed by atoms with Crippen molar-refractivity contribution in [3.05, 3.63) is 51.6 Å². The summed E-state index contributed by atoms with van der Waals surface area (Å²) in [5.74, 6) is -0.682. The van der Waals surface area contributed by atoms with E-state index in [2.05, 4.69) is 11.7 Å². The van der Waals surface area contributed by atoms with Gasteiger partial charge in [0, 0.05) is 11.6 Å². The van der Waals surface area contributed by atoms with E-state index in [0.717, 1.165) is 29.4 Å². The van der Waals surface area contributed by atoms with Crippen molar-refractivity contribution in [2.45, 2.75) is 26.7 Å². The van der Waals surface area contributed by atoms with Crippen LogP contribution in [0, 0.1) is 0 Å². The maximum atomic E-state index is 12.0. The van der Waals surface area contributed by atoms with E-state index in [9.17, 15) is 9.59 Å². The van der Waals surface area contributed by atoms with E-state index in [4.69, 9.17) is 4.42 Å². The first kappa shape index (κ1) is 14.4. The second-order valence-corrected chi connectivity index (χ2v) is 5.13. The lowest BCUT2D eigenvalue weighted by atomic mass is 10.2. The molecule has 0 N–H and O–H groups in total. The number of fused-ring (bicyclic) bond motifs is 3. The number of aryl methyl sites for hydroxylation is 2. The Bertz CT molecular complexity index is 933. The number of hydrogen-bond acceptors (Lipinski definition) is 4. The smallest absolute Gasteiger partial charge is 0.351 e. The van der Waals surface area contributed by atoms with Gasteiger partial charge in [-0.3, -0.25) is 0 Å². The highest BCUT2D eigenvalue weighted by atomic mass is 16.5. The van der Waals surface area contributed by atoms with Crippen molar-refractivity contribution in [1.29, 1.82) is 0 Å². The molecule has 3 rings (SSSR count). The van der Waals surface area contributed by atoms with Gasteiger partial charge in [-0.1, -0.05) is 19.9 Å². The lowest BCUT2D eigenvalue weighted by Crippen LogP contribution is -2.14. The quantitative estimate of drug-likeness (QED) is 0.698. The summed E-state index contributed by atoms with van der Waals surface area (Å²) >= 11 is 0. The number of methoxy groups -OCH3 is 1. The number of carbonyl (C=O) groups excluding carboxylic acids is 1. The molecule has 3 heterocycles. The van der Waals surface area contributed by atoms with Gasteiger partial charge in [-0.05, 0) is 30.5 Å². The monoisotopic (exact) mass is 299 g/mol. The summed E-state index contributed by atoms with van der Waals surface area (Å²) in [5, 5.41) is 0.750. The van der Waals surface area contributed by atoms with Crippen molar-refractivity contribution in [1.82, 2.24) is 4.40 Å². The van der Waals surface area contributed by atoms with Gasteiger partial charge >= 0.3 is 11.6 Å². The first-order chi connectivity index (χ1) is 10.6. The highest BCUT2D eigenvalue weighted by Gasteiger charge is 2.19. The Morgan fingerprint density at radius 3 is 2.68 bits per heavy atom. The Labute approximate surface area is 127 Å². The van der Waals surface area contributed by atoms with Crippen LogP contribution in [0.5, 0.6) is 0 Å². The molecule has 0 amide bonds. The molecule has 0 aromatic carbocycles. The summed E-state index contributed by atoms with van der Waals surface area (Å²) in [6.45, 7) is 4.10. The second kappa shape index (κ2) is 5.33. The fourth-order valence-electron chi connectivity index (χ4n) is 2.77. The van der Waals surface area contributed by atoms with Gasteiger partial charge in [0.15, 0.2) is 5.58 Å². The SMILES string of the molecule is CCc1ccc2c3cc(C(=O)OC)c(=O)oc3c(CC)n2c1. The summed E-state index contributed by atoms with van der Waals surface area (Å²) in [6.07, 6.45) is 3.69. The zero-order valence-corrected chi connectivity index (χ0v) is 12.8. The van der Waals surface area contributed by atoms with Crippen LogP contribution in [0.2, 0.25) is 0 Å². The first-order valence-electron chi connectivity index (χ1n) is 7.28. The van der Waals surface area contributed by atoms with E-state index in [1.807, 2.05) is 29.7 Å². The van der Waals surface area contributed by atoms with Crippen LogP contribution in [0.15, 0.2) is 33.6 Å². The van der Waals surface area contributed by atoms with E-state index in [-0.39, 0.29) is 5.56 Å². The number of carbonyl (C=O) groups is 1. The summed E-state index contributed by atoms with van der Waals surface area (Å²) in [7, 11) is 1.24. The van der Waals surface area contributed by atoms with Gasteiger partial charge in [0.1, 0.15) is 5.56 Å². The van der Waals surface area contributed by atoms with Crippen molar-refractivity contribution >= 4 is 22.5 Å². The summed E-state index contributed by atoms with van der Waals surface area (Å²) in [6, 6.07) is 5.59. The predicted molar refractivity (Wildman–Crippen MR) is 83.5 cm³/mol. The molecule has 0 saturated heterocycles. The molecule has 0 unspecified atom stereocenters. The first-order valence-corrected chi connectivity index (χ1v) is 7.28. The highest BCUT2D eigenvalue weighted by Crippen LogP contribution is 2.27. The molecule has 5 nitrogen and oxygen atoms in total. The average Bonchev–Trinajstić information content (AvgIpc) is 2.84. The number of ether oxygens (including phenoxy) is 1. The lowest BCUT2D eigenvalue weighted by Gasteiger charge is -2.02. The van der Waals surface area contributed by atoms with Gasteiger partial charge in [-0.15, -0.1) is 0 Å². The normalized spacial score (nSPS) is 11.2. The molecule has 0 atom stereocenters. The van der Waals surface area contributed by atoms with Gasteiger partial charge in [0.05, 0.1) is 18.3 Å². The standard InChI is InChI=1S/C17H17NO4/c1-4-10-6-7-14-11-8-12(16(19)21-3)17(20)22-15(11)13(5-2)18(14)9-10/h6-9H,4-5H2,1-3H3. The third kappa shape index (κ3) is 2.01. The van der Waals surface area contributed by atoms with Gasteiger partial charge in [0.25, 0.3) is 0 Å². The molecule has 114 valence electrons. The van der Waals surface area contributed by atoms with E-state index >= 15 is 0 Å². The molecule has 0 radical (unpaired) electrons. The molecule has 0 aliphatic rings. The number of pyridine rings is 1. The summed E-state index contributed by atoms with van der Waals surface area (Å²) < 4.78 is 12.1. The van der Waals surface area contributed by atoms with Gasteiger partial charge in [-0.25, -0.2) is 9.59 Å². The molecule has 3 aromatic rings. The van der Waals surface area contributed by atoms with E-state index in [1.165, 1.54) is 12.7 Å². The molecule has 0 bridgehead atoms. The number of nitrogens with zero attached hydrogens (tertiary/aromatic N) is 1. The van der Waals surface area contributed by atoms with Crippen LogP contribution in [-0.4, -0.2) is 17.5 Å². The Hall–Kier alpha value is -2.56. The minimum atomic E-state index is -0.682. The van der Waals surface area contributed by atoms with Crippen LogP contribution in [0.25, 0.3) is 16.5 Å². The van der Waals surface area contributed by atoms with Crippen molar-refractivity contribution in [2.75, 3.05) is 7.11 Å². The van der Waals surface area contributed by atoms with Crippen molar-refractivity contribution in [3.63, 3.8) is 0 Å². The largest absolute Gasteiger partial charge is 0.465 e. The molecule has 5 heteroatoms. The molecule has 0 spiro atoms. The topological polar surface area (TPSA) is 60.9 Å². The molecule has 22 heavy (non-hydrogen) atoms. The van der Waals surface area contributed by atoms with Crippen molar-refractivity contribution in [3.8, 4) is 0 Å². The van der Waals surface area contributed by atoms with E-state index in [0.29, 0.717) is 5.58 Å². The third-order valence-corrected chi connectivity index (χ3v) is 3.94. The van der Waals surface area contributed by atoms with Crippen molar-refractivity contribution in [2.24, 2.45) is 0 Å². The Morgan fingerprint density at radius 1 is 1.27 bits per heavy atom. The molecule has 0 aliphatic carbocycles. The molecule has 3 aromatic heterocycles. The predicted octanol–water partition coefficient (Wildman–Crippen LogP) is 2.96. The van der Waals surface area contributed by atoms with Crippen LogP contribution < -0.4 is 5.63 Å². The summed E-state index contributed by atoms with van der Waals surface area (Å²) in [5.41, 5.74) is 2.82. The maximum Gasteiger partial charge on any atom is 0.351 e. The van der Waals surface area contributed by atoms with Crippen LogP contribution in [0.3, 0.4) is 0 Å². The van der Waals surface area contributed by atoms with Crippen LogP contribution in [0.1, 0.15) is 35.5 Å². The average molecular weight is 299 g/mol.